The van der Waals surface area contributed by atoms with Crippen LogP contribution in [0.1, 0.15) is 10.5 Å². The second-order valence-electron chi connectivity index (χ2n) is 6.60. The zero-order valence-corrected chi connectivity index (χ0v) is 17.6. The number of benzene rings is 2. The van der Waals surface area contributed by atoms with E-state index in [1.807, 2.05) is 0 Å². The van der Waals surface area contributed by atoms with E-state index in [1.165, 1.54) is 0 Å². The topological polar surface area (TPSA) is 122 Å². The molecule has 0 saturated carbocycles. The first-order valence-corrected chi connectivity index (χ1v) is 9.78. The monoisotopic (exact) mass is 487 g/mol. The summed E-state index contributed by atoms with van der Waals surface area (Å²) in [5.74, 6) is -1.77. The van der Waals surface area contributed by atoms with Gasteiger partial charge in [-0.2, -0.15) is 0 Å². The Balaban J connectivity index is 1.72. The van der Waals surface area contributed by atoms with Gasteiger partial charge in [-0.05, 0) is 30.3 Å². The third-order valence-electron chi connectivity index (χ3n) is 4.61. The first-order chi connectivity index (χ1) is 14.9. The molecule has 0 unspecified atom stereocenters. The molecule has 3 N–H and O–H groups in total. The van der Waals surface area contributed by atoms with Crippen molar-refractivity contribution >= 4 is 50.0 Å². The molecule has 4 rings (SSSR count). The predicted octanol–water partition coefficient (Wildman–Crippen LogP) is 3.44. The molecule has 0 atom stereocenters. The number of anilines is 2. The first-order valence-electron chi connectivity index (χ1n) is 8.99. The number of alkyl halides is 1. The minimum absolute atomic E-state index is 0.162. The number of aryl methyl sites for hydroxylation is 1. The summed E-state index contributed by atoms with van der Waals surface area (Å²) in [6.07, 6.45) is 0. The van der Waals surface area contributed by atoms with Crippen LogP contribution in [0.2, 0.25) is 0 Å². The summed E-state index contributed by atoms with van der Waals surface area (Å²) in [6.45, 7) is -1.15. The quantitative estimate of drug-likeness (QED) is 0.397. The molecule has 0 spiro atoms. The molecule has 2 aromatic heterocycles. The number of fused-ring (bicyclic) bond motifs is 1. The van der Waals surface area contributed by atoms with Crippen molar-refractivity contribution in [2.75, 3.05) is 17.3 Å². The number of para-hydroxylation sites is 1. The number of carbonyl (C=O) groups excluding carboxylic acids is 2. The maximum Gasteiger partial charge on any atom is 0.439 e. The number of nitrogens with zero attached hydrogens (tertiary/aromatic N) is 2. The molecule has 0 aliphatic heterocycles. The molecule has 2 aromatic carbocycles. The number of halogens is 2. The zero-order valence-electron chi connectivity index (χ0n) is 16.0. The lowest BCUT2D eigenvalue weighted by atomic mass is 10.1. The lowest BCUT2D eigenvalue weighted by Gasteiger charge is -2.11. The Morgan fingerprint density at radius 1 is 1.19 bits per heavy atom. The summed E-state index contributed by atoms with van der Waals surface area (Å²) in [7, 11) is 1.67. The van der Waals surface area contributed by atoms with E-state index in [2.05, 4.69) is 41.2 Å². The molecule has 11 heteroatoms. The molecule has 4 aromatic rings. The van der Waals surface area contributed by atoms with Crippen LogP contribution < -0.4 is 16.4 Å². The number of nitrogens with one attached hydrogen (secondary N) is 3. The van der Waals surface area contributed by atoms with Crippen LogP contribution in [0.5, 0.6) is 0 Å². The predicted molar refractivity (Wildman–Crippen MR) is 116 cm³/mol. The van der Waals surface area contributed by atoms with Crippen LogP contribution in [0.15, 0.2) is 56.3 Å². The molecule has 0 fully saturated rings. The highest BCUT2D eigenvalue weighted by atomic mass is 79.9. The Hall–Kier alpha value is -3.73. The van der Waals surface area contributed by atoms with Gasteiger partial charge in [0.05, 0.1) is 16.9 Å². The van der Waals surface area contributed by atoms with Crippen LogP contribution in [0.3, 0.4) is 0 Å². The Morgan fingerprint density at radius 3 is 2.71 bits per heavy atom. The number of carbonyl (C=O) groups is 2. The molecule has 2 amide bonds. The number of rotatable bonds is 5. The molecule has 0 radical (unpaired) electrons. The molecular weight excluding hydrogens is 473 g/mol. The summed E-state index contributed by atoms with van der Waals surface area (Å²) in [6, 6.07) is 11.8. The van der Waals surface area contributed by atoms with Crippen molar-refractivity contribution in [1.82, 2.24) is 14.7 Å². The van der Waals surface area contributed by atoms with Gasteiger partial charge in [0.1, 0.15) is 5.69 Å². The third kappa shape index (κ3) is 3.99. The van der Waals surface area contributed by atoms with Gasteiger partial charge in [0, 0.05) is 22.5 Å². The highest BCUT2D eigenvalue weighted by Crippen LogP contribution is 2.30. The smallest absolute Gasteiger partial charge is 0.338 e. The van der Waals surface area contributed by atoms with Crippen molar-refractivity contribution in [2.45, 2.75) is 0 Å². The van der Waals surface area contributed by atoms with Gasteiger partial charge in [0.2, 0.25) is 0 Å². The second kappa shape index (κ2) is 8.19. The van der Waals surface area contributed by atoms with Crippen LogP contribution in [0.25, 0.3) is 22.3 Å². The van der Waals surface area contributed by atoms with Gasteiger partial charge in [-0.25, -0.2) is 9.18 Å². The van der Waals surface area contributed by atoms with E-state index in [0.29, 0.717) is 38.0 Å². The van der Waals surface area contributed by atoms with E-state index >= 15 is 0 Å². The largest absolute Gasteiger partial charge is 0.439 e. The highest BCUT2D eigenvalue weighted by molar-refractivity contribution is 9.10. The van der Waals surface area contributed by atoms with Crippen LogP contribution in [-0.4, -0.2) is 33.2 Å². The molecule has 31 heavy (non-hydrogen) atoms. The van der Waals surface area contributed by atoms with Gasteiger partial charge in [0.25, 0.3) is 11.8 Å². The van der Waals surface area contributed by atoms with Crippen LogP contribution in [0, 0.1) is 0 Å². The summed E-state index contributed by atoms with van der Waals surface area (Å²) >= 11 is 3.35. The summed E-state index contributed by atoms with van der Waals surface area (Å²) in [5, 5.41) is 9.67. The van der Waals surface area contributed by atoms with Gasteiger partial charge in [-0.3, -0.25) is 19.1 Å². The number of aromatic amines is 1. The second-order valence-corrected chi connectivity index (χ2v) is 7.52. The molecular formula is C20H15BrFN5O4. The third-order valence-corrected chi connectivity index (χ3v) is 5.10. The van der Waals surface area contributed by atoms with Gasteiger partial charge in [0.15, 0.2) is 12.5 Å². The van der Waals surface area contributed by atoms with E-state index in [9.17, 15) is 18.8 Å². The van der Waals surface area contributed by atoms with E-state index in [1.54, 1.807) is 54.1 Å². The van der Waals surface area contributed by atoms with Crippen molar-refractivity contribution in [1.29, 1.82) is 0 Å². The number of hydrogen-bond donors (Lipinski definition) is 3. The fourth-order valence-corrected chi connectivity index (χ4v) is 3.63. The van der Waals surface area contributed by atoms with Crippen LogP contribution >= 0.6 is 15.9 Å². The van der Waals surface area contributed by atoms with Gasteiger partial charge in [-0.15, -0.1) is 0 Å². The minimum atomic E-state index is -1.15. The van der Waals surface area contributed by atoms with E-state index in [0.717, 1.165) is 0 Å². The molecule has 158 valence electrons. The number of amides is 2. The standard InChI is InChI=1S/C20H15BrFN5O4/c1-27-15(7-10-3-2-4-14(17(10)27)23-16(28)9-22)19(29)24-13-6-5-11(21)8-12(13)18-25-20(30)31-26-18/h2-8H,9H2,1H3,(H,23,28)(H,24,29)(H,25,26,30). The van der Waals surface area contributed by atoms with Crippen molar-refractivity contribution in [3.05, 3.63) is 63.2 Å². The van der Waals surface area contributed by atoms with Crippen molar-refractivity contribution in [3.63, 3.8) is 0 Å². The number of hydrogen-bond acceptors (Lipinski definition) is 5. The highest BCUT2D eigenvalue weighted by Gasteiger charge is 2.19. The Morgan fingerprint density at radius 2 is 2.00 bits per heavy atom. The summed E-state index contributed by atoms with van der Waals surface area (Å²) in [5.41, 5.74) is 2.12. The molecule has 2 heterocycles. The number of aromatic nitrogens is 3. The van der Waals surface area contributed by atoms with Crippen LogP contribution in [-0.2, 0) is 11.8 Å². The Bertz CT molecular complexity index is 1370. The molecule has 0 aliphatic carbocycles. The lowest BCUT2D eigenvalue weighted by Crippen LogP contribution is -2.17. The van der Waals surface area contributed by atoms with E-state index in [-0.39, 0.29) is 5.82 Å². The minimum Gasteiger partial charge on any atom is -0.338 e. The van der Waals surface area contributed by atoms with E-state index in [4.69, 9.17) is 0 Å². The van der Waals surface area contributed by atoms with Gasteiger partial charge >= 0.3 is 5.76 Å². The first kappa shape index (κ1) is 20.5. The molecule has 0 saturated heterocycles. The average molecular weight is 488 g/mol. The fourth-order valence-electron chi connectivity index (χ4n) is 3.27. The molecule has 0 bridgehead atoms. The average Bonchev–Trinajstić information content (AvgIpc) is 3.33. The zero-order chi connectivity index (χ0) is 22.1. The molecule has 9 nitrogen and oxygen atoms in total. The summed E-state index contributed by atoms with van der Waals surface area (Å²) < 4.78 is 19.5. The Kier molecular flexibility index (Phi) is 5.42. The van der Waals surface area contributed by atoms with Crippen molar-refractivity contribution in [3.8, 4) is 11.4 Å². The SMILES string of the molecule is Cn1c(C(=O)Nc2ccc(Br)cc2-c2noc(=O)[nH]2)cc2cccc(NC(=O)CF)c21. The fraction of sp³-hybridized carbons (Fsp3) is 0.100. The van der Waals surface area contributed by atoms with Crippen molar-refractivity contribution in [2.24, 2.45) is 7.05 Å². The van der Waals surface area contributed by atoms with Gasteiger partial charge < -0.3 is 15.2 Å². The van der Waals surface area contributed by atoms with Crippen molar-refractivity contribution < 1.29 is 18.5 Å². The maximum atomic E-state index is 13.1. The summed E-state index contributed by atoms with van der Waals surface area (Å²) in [4.78, 5) is 38.4. The van der Waals surface area contributed by atoms with Crippen LogP contribution in [0.4, 0.5) is 15.8 Å². The van der Waals surface area contributed by atoms with Gasteiger partial charge in [-0.1, -0.05) is 33.2 Å². The lowest BCUT2D eigenvalue weighted by molar-refractivity contribution is -0.117. The number of H-pyrrole nitrogens is 1. The Labute approximate surface area is 182 Å². The van der Waals surface area contributed by atoms with E-state index < -0.39 is 24.2 Å². The maximum absolute atomic E-state index is 13.1. The normalized spacial score (nSPS) is 10.9. The molecule has 0 aliphatic rings.